The molecule has 0 bridgehead atoms. The number of nitriles is 1. The van der Waals surface area contributed by atoms with Crippen LogP contribution in [0.3, 0.4) is 0 Å². The Morgan fingerprint density at radius 2 is 2.38 bits per heavy atom. The second-order valence-electron chi connectivity index (χ2n) is 5.51. The van der Waals surface area contributed by atoms with Gasteiger partial charge in [0.25, 0.3) is 0 Å². The Hall–Kier alpha value is -2.23. The largest absolute Gasteiger partial charge is 0.382 e. The number of nitrogens with zero attached hydrogens (tertiary/aromatic N) is 4. The summed E-state index contributed by atoms with van der Waals surface area (Å²) in [6.07, 6.45) is 3.18. The van der Waals surface area contributed by atoms with E-state index in [1.165, 1.54) is 0 Å². The lowest BCUT2D eigenvalue weighted by Crippen LogP contribution is -2.45. The van der Waals surface area contributed by atoms with Crippen molar-refractivity contribution < 1.29 is 5.11 Å². The highest BCUT2D eigenvalue weighted by Gasteiger charge is 2.37. The lowest BCUT2D eigenvalue weighted by molar-refractivity contribution is -0.0414. The lowest BCUT2D eigenvalue weighted by Gasteiger charge is -2.38. The third-order valence-corrected chi connectivity index (χ3v) is 3.90. The van der Waals surface area contributed by atoms with Gasteiger partial charge in [-0.2, -0.15) is 20.7 Å². The highest BCUT2D eigenvalue weighted by atomic mass is 16.3. The maximum Gasteiger partial charge on any atom is 0.123 e. The molecule has 0 saturated carbocycles. The van der Waals surface area contributed by atoms with Gasteiger partial charge in [-0.1, -0.05) is 12.1 Å². The molecule has 1 aromatic carbocycles. The van der Waals surface area contributed by atoms with Gasteiger partial charge in [-0.3, -0.25) is 4.90 Å². The third-order valence-electron chi connectivity index (χ3n) is 3.90. The molecule has 0 amide bonds. The van der Waals surface area contributed by atoms with E-state index in [9.17, 15) is 5.11 Å². The number of aromatic nitrogens is 3. The molecule has 1 fully saturated rings. The number of nitrogens with one attached hydrogen (secondary N) is 1. The van der Waals surface area contributed by atoms with Gasteiger partial charge in [0, 0.05) is 13.1 Å². The van der Waals surface area contributed by atoms with Crippen LogP contribution in [0.2, 0.25) is 0 Å². The zero-order valence-electron chi connectivity index (χ0n) is 11.7. The fraction of sp³-hybridized carbons (Fsp3) is 0.400. The van der Waals surface area contributed by atoms with Crippen LogP contribution in [0.1, 0.15) is 29.7 Å². The lowest BCUT2D eigenvalue weighted by atomic mass is 9.90. The van der Waals surface area contributed by atoms with Crippen molar-refractivity contribution in [3.63, 3.8) is 0 Å². The van der Waals surface area contributed by atoms with Crippen LogP contribution in [0.25, 0.3) is 0 Å². The van der Waals surface area contributed by atoms with Crippen molar-refractivity contribution in [2.75, 3.05) is 13.1 Å². The molecule has 0 unspecified atom stereocenters. The zero-order valence-corrected chi connectivity index (χ0v) is 11.7. The SMILES string of the molecule is N#Cc1cccc(CN2CCC[C@](O)(c3cn[nH]n3)C2)c1. The van der Waals surface area contributed by atoms with Crippen molar-refractivity contribution in [1.29, 1.82) is 5.26 Å². The van der Waals surface area contributed by atoms with Crippen molar-refractivity contribution in [2.24, 2.45) is 0 Å². The maximum absolute atomic E-state index is 10.8. The molecule has 6 nitrogen and oxygen atoms in total. The first-order valence-corrected chi connectivity index (χ1v) is 7.00. The van der Waals surface area contributed by atoms with E-state index in [-0.39, 0.29) is 0 Å². The summed E-state index contributed by atoms with van der Waals surface area (Å²) in [5.74, 6) is 0. The maximum atomic E-state index is 10.8. The van der Waals surface area contributed by atoms with E-state index in [1.54, 1.807) is 12.3 Å². The van der Waals surface area contributed by atoms with Crippen LogP contribution in [-0.2, 0) is 12.1 Å². The molecular formula is C15H17N5O. The minimum atomic E-state index is -0.946. The van der Waals surface area contributed by atoms with Crippen molar-refractivity contribution >= 4 is 0 Å². The quantitative estimate of drug-likeness (QED) is 0.882. The Morgan fingerprint density at radius 1 is 1.48 bits per heavy atom. The van der Waals surface area contributed by atoms with Crippen molar-refractivity contribution in [3.05, 3.63) is 47.3 Å². The molecule has 21 heavy (non-hydrogen) atoms. The number of likely N-dealkylation sites (tertiary alicyclic amines) is 1. The molecule has 2 aromatic rings. The van der Waals surface area contributed by atoms with Gasteiger partial charge in [0.05, 0.1) is 17.8 Å². The normalized spacial score (nSPS) is 22.9. The van der Waals surface area contributed by atoms with Crippen molar-refractivity contribution in [1.82, 2.24) is 20.3 Å². The number of β-amino-alcohol motifs (C(OH)–C–C–N with tert-alkyl or cyclic N) is 1. The summed E-state index contributed by atoms with van der Waals surface area (Å²) in [7, 11) is 0. The van der Waals surface area contributed by atoms with Gasteiger partial charge in [0.15, 0.2) is 0 Å². The average Bonchev–Trinajstić information content (AvgIpc) is 3.03. The topological polar surface area (TPSA) is 88.8 Å². The number of aromatic amines is 1. The van der Waals surface area contributed by atoms with Gasteiger partial charge in [0.1, 0.15) is 11.3 Å². The molecule has 2 N–H and O–H groups in total. The smallest absolute Gasteiger partial charge is 0.123 e. The minimum absolute atomic E-state index is 0.524. The summed E-state index contributed by atoms with van der Waals surface area (Å²) in [4.78, 5) is 2.19. The fourth-order valence-corrected chi connectivity index (χ4v) is 2.89. The summed E-state index contributed by atoms with van der Waals surface area (Å²) in [5, 5.41) is 30.1. The second-order valence-corrected chi connectivity index (χ2v) is 5.51. The van der Waals surface area contributed by atoms with Crippen molar-refractivity contribution in [2.45, 2.75) is 25.0 Å². The van der Waals surface area contributed by atoms with E-state index in [4.69, 9.17) is 5.26 Å². The van der Waals surface area contributed by atoms with E-state index in [0.717, 1.165) is 25.1 Å². The number of hydrogen-bond donors (Lipinski definition) is 2. The Balaban J connectivity index is 1.73. The van der Waals surface area contributed by atoms with Crippen LogP contribution in [0.4, 0.5) is 0 Å². The molecule has 1 aliphatic rings. The molecule has 3 rings (SSSR count). The summed E-state index contributed by atoms with van der Waals surface area (Å²) in [6.45, 7) is 2.17. The summed E-state index contributed by atoms with van der Waals surface area (Å²) in [5.41, 5.74) is 1.39. The monoisotopic (exact) mass is 283 g/mol. The number of piperidine rings is 1. The van der Waals surface area contributed by atoms with Gasteiger partial charge in [-0.15, -0.1) is 0 Å². The molecule has 2 heterocycles. The number of rotatable bonds is 3. The molecular weight excluding hydrogens is 266 g/mol. The molecule has 1 saturated heterocycles. The number of H-pyrrole nitrogens is 1. The Morgan fingerprint density at radius 3 is 3.14 bits per heavy atom. The van der Waals surface area contributed by atoms with E-state index in [2.05, 4.69) is 26.4 Å². The Kier molecular flexibility index (Phi) is 3.69. The van der Waals surface area contributed by atoms with Crippen LogP contribution in [0, 0.1) is 11.3 Å². The minimum Gasteiger partial charge on any atom is -0.382 e. The molecule has 0 radical (unpaired) electrons. The zero-order chi connectivity index (χ0) is 14.7. The predicted octanol–water partition coefficient (Wildman–Crippen LogP) is 1.16. The summed E-state index contributed by atoms with van der Waals surface area (Å²) < 4.78 is 0. The first-order chi connectivity index (χ1) is 10.2. The average molecular weight is 283 g/mol. The van der Waals surface area contributed by atoms with Crippen LogP contribution in [0.5, 0.6) is 0 Å². The Bertz CT molecular complexity index is 648. The van der Waals surface area contributed by atoms with Gasteiger partial charge in [-0.25, -0.2) is 0 Å². The molecule has 108 valence electrons. The summed E-state index contributed by atoms with van der Waals surface area (Å²) in [6, 6.07) is 9.74. The second kappa shape index (κ2) is 5.64. The molecule has 6 heteroatoms. The number of aliphatic hydroxyl groups is 1. The van der Waals surface area contributed by atoms with Crippen LogP contribution < -0.4 is 0 Å². The van der Waals surface area contributed by atoms with Gasteiger partial charge in [0.2, 0.25) is 0 Å². The third kappa shape index (κ3) is 2.94. The summed E-state index contributed by atoms with van der Waals surface area (Å²) >= 11 is 0. The standard InChI is InChI=1S/C15H17N5O/c16-8-12-3-1-4-13(7-12)10-20-6-2-5-15(21,11-20)14-9-17-19-18-14/h1,3-4,7,9,21H,2,5-6,10-11H2,(H,17,18,19)/t15-/m1/s1. The first kappa shape index (κ1) is 13.7. The van der Waals surface area contributed by atoms with Gasteiger partial charge < -0.3 is 5.11 Å². The van der Waals surface area contributed by atoms with Crippen LogP contribution >= 0.6 is 0 Å². The van der Waals surface area contributed by atoms with E-state index < -0.39 is 5.60 Å². The Labute approximate surface area is 123 Å². The van der Waals surface area contributed by atoms with E-state index in [1.807, 2.05) is 18.2 Å². The van der Waals surface area contributed by atoms with Crippen molar-refractivity contribution in [3.8, 4) is 6.07 Å². The molecule has 1 atom stereocenters. The number of benzene rings is 1. The highest BCUT2D eigenvalue weighted by Crippen LogP contribution is 2.30. The first-order valence-electron chi connectivity index (χ1n) is 7.00. The van der Waals surface area contributed by atoms with Crippen LogP contribution in [-0.4, -0.2) is 38.5 Å². The van der Waals surface area contributed by atoms with Gasteiger partial charge >= 0.3 is 0 Å². The van der Waals surface area contributed by atoms with Crippen LogP contribution in [0.15, 0.2) is 30.5 Å². The molecule has 1 aromatic heterocycles. The van der Waals surface area contributed by atoms with Gasteiger partial charge in [-0.05, 0) is 37.1 Å². The molecule has 0 aliphatic carbocycles. The predicted molar refractivity (Wildman–Crippen MR) is 75.9 cm³/mol. The molecule has 1 aliphatic heterocycles. The number of hydrogen-bond acceptors (Lipinski definition) is 5. The highest BCUT2D eigenvalue weighted by molar-refractivity contribution is 5.32. The fourth-order valence-electron chi connectivity index (χ4n) is 2.89. The van der Waals surface area contributed by atoms with E-state index >= 15 is 0 Å². The molecule has 0 spiro atoms. The van der Waals surface area contributed by atoms with E-state index in [0.29, 0.717) is 24.2 Å².